The second kappa shape index (κ2) is 5.85. The molecule has 0 fully saturated rings. The summed E-state index contributed by atoms with van der Waals surface area (Å²) in [4.78, 5) is 0. The van der Waals surface area contributed by atoms with E-state index in [2.05, 4.69) is 21.6 Å². The molecule has 94 valence electrons. The molecule has 0 spiro atoms. The first kappa shape index (κ1) is 12.9. The lowest BCUT2D eigenvalue weighted by Gasteiger charge is -2.13. The van der Waals surface area contributed by atoms with Crippen LogP contribution in [-0.2, 0) is 0 Å². The van der Waals surface area contributed by atoms with E-state index < -0.39 is 0 Å². The van der Waals surface area contributed by atoms with E-state index in [1.807, 2.05) is 42.6 Å². The van der Waals surface area contributed by atoms with Crippen LogP contribution in [0.3, 0.4) is 0 Å². The molecule has 1 atom stereocenters. The van der Waals surface area contributed by atoms with Crippen molar-refractivity contribution < 1.29 is 0 Å². The summed E-state index contributed by atoms with van der Waals surface area (Å²) in [5, 5.41) is 21.3. The monoisotopic (exact) mass is 261 g/mol. The van der Waals surface area contributed by atoms with Crippen LogP contribution in [0.4, 0.5) is 0 Å². The van der Waals surface area contributed by atoms with Gasteiger partial charge in [0.1, 0.15) is 6.04 Å². The second-order valence-corrected chi connectivity index (χ2v) is 5.21. The highest BCUT2D eigenvalue weighted by Crippen LogP contribution is 2.17. The molecule has 0 aliphatic rings. The summed E-state index contributed by atoms with van der Waals surface area (Å²) in [6.45, 7) is 4.06. The number of hydrogen-bond donors (Lipinski definition) is 1. The summed E-state index contributed by atoms with van der Waals surface area (Å²) in [6, 6.07) is 8.15. The van der Waals surface area contributed by atoms with Crippen LogP contribution >= 0.6 is 11.8 Å². The van der Waals surface area contributed by atoms with Gasteiger partial charge in [0.15, 0.2) is 10.8 Å². The number of thioether (sulfide) groups is 1. The third kappa shape index (κ3) is 3.00. The van der Waals surface area contributed by atoms with E-state index in [1.54, 1.807) is 0 Å². The lowest BCUT2D eigenvalue weighted by molar-refractivity contribution is 0.560. The van der Waals surface area contributed by atoms with Gasteiger partial charge in [-0.3, -0.25) is 9.72 Å². The van der Waals surface area contributed by atoms with E-state index in [-0.39, 0.29) is 6.04 Å². The van der Waals surface area contributed by atoms with Gasteiger partial charge in [-0.2, -0.15) is 5.26 Å². The summed E-state index contributed by atoms with van der Waals surface area (Å²) in [6.07, 6.45) is 1.93. The van der Waals surface area contributed by atoms with Crippen LogP contribution in [0.25, 0.3) is 5.65 Å². The van der Waals surface area contributed by atoms with Crippen LogP contribution in [0.2, 0.25) is 0 Å². The molecule has 5 nitrogen and oxygen atoms in total. The van der Waals surface area contributed by atoms with Crippen molar-refractivity contribution in [1.82, 2.24) is 19.9 Å². The maximum atomic E-state index is 9.05. The topological polar surface area (TPSA) is 66.0 Å². The van der Waals surface area contributed by atoms with Gasteiger partial charge in [-0.15, -0.1) is 10.2 Å². The number of pyridine rings is 1. The van der Waals surface area contributed by atoms with Crippen LogP contribution in [0, 0.1) is 11.3 Å². The SMILES string of the molecule is CC(C)NC(C#N)CSc1nnc2ccccn12. The van der Waals surface area contributed by atoms with Gasteiger partial charge in [0.2, 0.25) is 0 Å². The summed E-state index contributed by atoms with van der Waals surface area (Å²) in [5.41, 5.74) is 0.824. The molecule has 1 N–H and O–H groups in total. The smallest absolute Gasteiger partial charge is 0.195 e. The van der Waals surface area contributed by atoms with E-state index in [0.29, 0.717) is 11.8 Å². The normalized spacial score (nSPS) is 12.8. The predicted molar refractivity (Wildman–Crippen MR) is 71.4 cm³/mol. The predicted octanol–water partition coefficient (Wildman–Crippen LogP) is 1.71. The molecule has 0 bridgehead atoms. The first-order valence-electron chi connectivity index (χ1n) is 5.79. The molecule has 2 rings (SSSR count). The average molecular weight is 261 g/mol. The number of hydrogen-bond acceptors (Lipinski definition) is 5. The molecule has 0 radical (unpaired) electrons. The van der Waals surface area contributed by atoms with Gasteiger partial charge in [-0.1, -0.05) is 17.8 Å². The maximum absolute atomic E-state index is 9.05. The van der Waals surface area contributed by atoms with Crippen molar-refractivity contribution >= 4 is 17.4 Å². The molecule has 0 aliphatic carbocycles. The zero-order chi connectivity index (χ0) is 13.0. The fourth-order valence-electron chi connectivity index (χ4n) is 1.60. The van der Waals surface area contributed by atoms with Crippen LogP contribution in [0.15, 0.2) is 29.6 Å². The third-order valence-corrected chi connectivity index (χ3v) is 3.39. The van der Waals surface area contributed by atoms with E-state index in [0.717, 1.165) is 10.8 Å². The number of nitrogens with one attached hydrogen (secondary N) is 1. The standard InChI is InChI=1S/C12H15N5S/c1-9(2)14-10(7-13)8-18-12-16-15-11-5-3-4-6-17(11)12/h3-6,9-10,14H,8H2,1-2H3. The molecule has 0 saturated heterocycles. The van der Waals surface area contributed by atoms with Crippen molar-refractivity contribution in [3.63, 3.8) is 0 Å². The van der Waals surface area contributed by atoms with Gasteiger partial charge in [0, 0.05) is 18.0 Å². The third-order valence-electron chi connectivity index (χ3n) is 2.35. The lowest BCUT2D eigenvalue weighted by atomic mass is 10.3. The minimum absolute atomic E-state index is 0.175. The van der Waals surface area contributed by atoms with Crippen molar-refractivity contribution in [3.8, 4) is 6.07 Å². The Morgan fingerprint density at radius 3 is 3.00 bits per heavy atom. The summed E-state index contributed by atoms with van der Waals surface area (Å²) in [7, 11) is 0. The zero-order valence-electron chi connectivity index (χ0n) is 10.4. The van der Waals surface area contributed by atoms with Crippen LogP contribution in [0.1, 0.15) is 13.8 Å². The molecule has 18 heavy (non-hydrogen) atoms. The Bertz CT molecular complexity index is 557. The Kier molecular flexibility index (Phi) is 4.18. The van der Waals surface area contributed by atoms with E-state index in [9.17, 15) is 0 Å². The second-order valence-electron chi connectivity index (χ2n) is 4.23. The fourth-order valence-corrected chi connectivity index (χ4v) is 2.48. The lowest BCUT2D eigenvalue weighted by Crippen LogP contribution is -2.35. The van der Waals surface area contributed by atoms with Gasteiger partial charge in [-0.25, -0.2) is 0 Å². The molecule has 0 amide bonds. The Hall–Kier alpha value is -1.58. The van der Waals surface area contributed by atoms with Crippen molar-refractivity contribution in [2.24, 2.45) is 0 Å². The highest BCUT2D eigenvalue weighted by molar-refractivity contribution is 7.99. The Labute approximate surface area is 110 Å². The first-order valence-corrected chi connectivity index (χ1v) is 6.77. The van der Waals surface area contributed by atoms with Gasteiger partial charge in [-0.05, 0) is 26.0 Å². The molecule has 6 heteroatoms. The van der Waals surface area contributed by atoms with Crippen LogP contribution < -0.4 is 5.32 Å². The minimum Gasteiger partial charge on any atom is -0.299 e. The molecule has 2 aromatic heterocycles. The van der Waals surface area contributed by atoms with E-state index in [1.165, 1.54) is 11.8 Å². The number of aromatic nitrogens is 3. The zero-order valence-corrected chi connectivity index (χ0v) is 11.2. The summed E-state index contributed by atoms with van der Waals surface area (Å²) >= 11 is 1.54. The van der Waals surface area contributed by atoms with Gasteiger partial charge < -0.3 is 0 Å². The minimum atomic E-state index is -0.175. The van der Waals surface area contributed by atoms with Gasteiger partial charge >= 0.3 is 0 Å². The average Bonchev–Trinajstić information content (AvgIpc) is 2.77. The number of rotatable bonds is 5. The summed E-state index contributed by atoms with van der Waals surface area (Å²) in [5.74, 6) is 0.657. The Morgan fingerprint density at radius 2 is 2.28 bits per heavy atom. The number of fused-ring (bicyclic) bond motifs is 1. The number of nitrogens with zero attached hydrogens (tertiary/aromatic N) is 4. The largest absolute Gasteiger partial charge is 0.299 e. The van der Waals surface area contributed by atoms with Gasteiger partial charge in [0.05, 0.1) is 6.07 Å². The highest BCUT2D eigenvalue weighted by Gasteiger charge is 2.12. The molecular formula is C12H15N5S. The molecule has 2 aromatic rings. The molecular weight excluding hydrogens is 246 g/mol. The molecule has 0 aliphatic heterocycles. The van der Waals surface area contributed by atoms with Gasteiger partial charge in [0.25, 0.3) is 0 Å². The Balaban J connectivity index is 2.04. The number of nitriles is 1. The van der Waals surface area contributed by atoms with Crippen LogP contribution in [0.5, 0.6) is 0 Å². The van der Waals surface area contributed by atoms with Crippen molar-refractivity contribution in [3.05, 3.63) is 24.4 Å². The Morgan fingerprint density at radius 1 is 1.44 bits per heavy atom. The quantitative estimate of drug-likeness (QED) is 0.830. The maximum Gasteiger partial charge on any atom is 0.195 e. The fraction of sp³-hybridized carbons (Fsp3) is 0.417. The van der Waals surface area contributed by atoms with E-state index in [4.69, 9.17) is 5.26 Å². The van der Waals surface area contributed by atoms with Crippen molar-refractivity contribution in [2.45, 2.75) is 31.1 Å². The summed E-state index contributed by atoms with van der Waals surface area (Å²) < 4.78 is 1.93. The van der Waals surface area contributed by atoms with E-state index >= 15 is 0 Å². The molecule has 1 unspecified atom stereocenters. The molecule has 2 heterocycles. The highest BCUT2D eigenvalue weighted by atomic mass is 32.2. The van der Waals surface area contributed by atoms with Crippen LogP contribution in [-0.4, -0.2) is 32.4 Å². The van der Waals surface area contributed by atoms with Crippen molar-refractivity contribution in [2.75, 3.05) is 5.75 Å². The molecule has 0 aromatic carbocycles. The van der Waals surface area contributed by atoms with Crippen molar-refractivity contribution in [1.29, 1.82) is 5.26 Å². The first-order chi connectivity index (χ1) is 8.70. The molecule has 0 saturated carbocycles.